The second-order valence-electron chi connectivity index (χ2n) is 3.78. The fourth-order valence-electron chi connectivity index (χ4n) is 1.44. The van der Waals surface area contributed by atoms with E-state index in [9.17, 15) is 17.6 Å². The van der Waals surface area contributed by atoms with Gasteiger partial charge in [-0.1, -0.05) is 0 Å². The highest BCUT2D eigenvalue weighted by Gasteiger charge is 2.15. The standard InChI is InChI=1S/C11H9FN4O3S/c12-9-5-8(1-2-10(9)20(13,18)19)16-11(17)7-3-4-14-15-6-7/h1-6H,(H,16,17)(H2,13,18,19). The van der Waals surface area contributed by atoms with E-state index >= 15 is 0 Å². The molecule has 3 N–H and O–H groups in total. The van der Waals surface area contributed by atoms with Crippen molar-refractivity contribution in [2.24, 2.45) is 5.14 Å². The highest BCUT2D eigenvalue weighted by molar-refractivity contribution is 7.89. The van der Waals surface area contributed by atoms with Gasteiger partial charge in [0, 0.05) is 5.69 Å². The number of nitrogens with two attached hydrogens (primary N) is 1. The molecule has 7 nitrogen and oxygen atoms in total. The Morgan fingerprint density at radius 2 is 2.00 bits per heavy atom. The van der Waals surface area contributed by atoms with E-state index in [-0.39, 0.29) is 11.3 Å². The van der Waals surface area contributed by atoms with Crippen molar-refractivity contribution < 1.29 is 17.6 Å². The second-order valence-corrected chi connectivity index (χ2v) is 5.31. The average molecular weight is 296 g/mol. The van der Waals surface area contributed by atoms with E-state index in [2.05, 4.69) is 15.5 Å². The molecule has 0 saturated carbocycles. The van der Waals surface area contributed by atoms with Gasteiger partial charge in [-0.05, 0) is 24.3 Å². The number of anilines is 1. The molecular weight excluding hydrogens is 287 g/mol. The number of sulfonamides is 1. The van der Waals surface area contributed by atoms with Crippen LogP contribution in [0.15, 0.2) is 41.6 Å². The van der Waals surface area contributed by atoms with Crippen LogP contribution in [0.4, 0.5) is 10.1 Å². The first kappa shape index (κ1) is 14.0. The smallest absolute Gasteiger partial charge is 0.257 e. The molecule has 1 heterocycles. The zero-order chi connectivity index (χ0) is 14.8. The van der Waals surface area contributed by atoms with Crippen molar-refractivity contribution in [1.29, 1.82) is 0 Å². The number of aromatic nitrogens is 2. The normalized spacial score (nSPS) is 11.1. The predicted molar refractivity (Wildman–Crippen MR) is 67.8 cm³/mol. The van der Waals surface area contributed by atoms with Gasteiger partial charge < -0.3 is 5.32 Å². The van der Waals surface area contributed by atoms with Crippen LogP contribution in [0.3, 0.4) is 0 Å². The van der Waals surface area contributed by atoms with Gasteiger partial charge in [0.2, 0.25) is 10.0 Å². The third kappa shape index (κ3) is 3.13. The van der Waals surface area contributed by atoms with Crippen molar-refractivity contribution in [2.45, 2.75) is 4.90 Å². The topological polar surface area (TPSA) is 115 Å². The molecule has 0 unspecified atom stereocenters. The summed E-state index contributed by atoms with van der Waals surface area (Å²) in [5, 5.41) is 14.3. The highest BCUT2D eigenvalue weighted by Crippen LogP contribution is 2.18. The molecule has 0 atom stereocenters. The van der Waals surface area contributed by atoms with Crippen LogP contribution in [0.2, 0.25) is 0 Å². The Labute approximate surface area is 113 Å². The molecule has 0 aliphatic carbocycles. The van der Waals surface area contributed by atoms with Crippen LogP contribution in [-0.2, 0) is 10.0 Å². The molecule has 0 saturated heterocycles. The maximum absolute atomic E-state index is 13.6. The van der Waals surface area contributed by atoms with Gasteiger partial charge in [-0.15, -0.1) is 0 Å². The molecule has 2 rings (SSSR count). The molecule has 1 amide bonds. The van der Waals surface area contributed by atoms with Crippen molar-refractivity contribution in [3.63, 3.8) is 0 Å². The number of hydrogen-bond donors (Lipinski definition) is 2. The number of benzene rings is 1. The predicted octanol–water partition coefficient (Wildman–Crippen LogP) is 0.515. The third-order valence-corrected chi connectivity index (χ3v) is 3.29. The van der Waals surface area contributed by atoms with Crippen LogP contribution in [0, 0.1) is 5.82 Å². The maximum Gasteiger partial charge on any atom is 0.257 e. The number of carbonyl (C=O) groups excluding carboxylic acids is 1. The highest BCUT2D eigenvalue weighted by atomic mass is 32.2. The molecule has 0 aliphatic heterocycles. The fourth-order valence-corrected chi connectivity index (χ4v) is 2.03. The molecule has 20 heavy (non-hydrogen) atoms. The fraction of sp³-hybridized carbons (Fsp3) is 0. The molecule has 1 aromatic heterocycles. The van der Waals surface area contributed by atoms with Crippen molar-refractivity contribution in [3.05, 3.63) is 48.0 Å². The van der Waals surface area contributed by atoms with Crippen molar-refractivity contribution in [1.82, 2.24) is 10.2 Å². The molecule has 2 aromatic rings. The number of nitrogens with one attached hydrogen (secondary N) is 1. The minimum absolute atomic E-state index is 0.0942. The van der Waals surface area contributed by atoms with E-state index in [1.54, 1.807) is 0 Å². The summed E-state index contributed by atoms with van der Waals surface area (Å²) in [7, 11) is -4.14. The number of hydrogen-bond acceptors (Lipinski definition) is 5. The molecule has 9 heteroatoms. The second kappa shape index (κ2) is 5.31. The Morgan fingerprint density at radius 3 is 2.55 bits per heavy atom. The summed E-state index contributed by atoms with van der Waals surface area (Å²) in [5.74, 6) is -1.57. The van der Waals surface area contributed by atoms with E-state index in [1.165, 1.54) is 24.5 Å². The van der Waals surface area contributed by atoms with Crippen LogP contribution < -0.4 is 10.5 Å². The molecular formula is C11H9FN4O3S. The number of nitrogens with zero attached hydrogens (tertiary/aromatic N) is 2. The van der Waals surface area contributed by atoms with Gasteiger partial charge in [0.25, 0.3) is 5.91 Å². The SMILES string of the molecule is NS(=O)(=O)c1ccc(NC(=O)c2ccnnc2)cc1F. The van der Waals surface area contributed by atoms with E-state index in [1.807, 2.05) is 0 Å². The Hall–Kier alpha value is -2.39. The molecule has 0 aliphatic rings. The first-order valence-corrected chi connectivity index (χ1v) is 6.83. The summed E-state index contributed by atoms with van der Waals surface area (Å²) in [5.41, 5.74) is 0.327. The van der Waals surface area contributed by atoms with Crippen molar-refractivity contribution in [2.75, 3.05) is 5.32 Å². The quantitative estimate of drug-likeness (QED) is 0.856. The summed E-state index contributed by atoms with van der Waals surface area (Å²) >= 11 is 0. The summed E-state index contributed by atoms with van der Waals surface area (Å²) in [6.45, 7) is 0. The zero-order valence-corrected chi connectivity index (χ0v) is 10.8. The molecule has 0 bridgehead atoms. The van der Waals surface area contributed by atoms with E-state index < -0.39 is 26.6 Å². The number of halogens is 1. The number of primary sulfonamides is 1. The number of carbonyl (C=O) groups is 1. The van der Waals surface area contributed by atoms with Crippen molar-refractivity contribution >= 4 is 21.6 Å². The van der Waals surface area contributed by atoms with Gasteiger partial charge in [-0.3, -0.25) is 4.79 Å². The Bertz CT molecular complexity index is 750. The lowest BCUT2D eigenvalue weighted by atomic mass is 10.2. The largest absolute Gasteiger partial charge is 0.322 e. The lowest BCUT2D eigenvalue weighted by molar-refractivity contribution is 0.102. The maximum atomic E-state index is 13.6. The third-order valence-electron chi connectivity index (χ3n) is 2.34. The van der Waals surface area contributed by atoms with Gasteiger partial charge in [-0.2, -0.15) is 10.2 Å². The summed E-state index contributed by atoms with van der Waals surface area (Å²) in [6.07, 6.45) is 2.57. The lowest BCUT2D eigenvalue weighted by Crippen LogP contribution is -2.15. The van der Waals surface area contributed by atoms with Crippen LogP contribution >= 0.6 is 0 Å². The summed E-state index contributed by atoms with van der Waals surface area (Å²) < 4.78 is 35.7. The monoisotopic (exact) mass is 296 g/mol. The minimum atomic E-state index is -4.14. The van der Waals surface area contributed by atoms with E-state index in [0.717, 1.165) is 12.1 Å². The zero-order valence-electron chi connectivity index (χ0n) is 9.95. The van der Waals surface area contributed by atoms with Crippen LogP contribution in [0.5, 0.6) is 0 Å². The summed E-state index contributed by atoms with van der Waals surface area (Å²) in [4.78, 5) is 11.1. The molecule has 104 valence electrons. The first-order chi connectivity index (χ1) is 9.38. The van der Waals surface area contributed by atoms with Gasteiger partial charge >= 0.3 is 0 Å². The number of rotatable bonds is 3. The Morgan fingerprint density at radius 1 is 1.25 bits per heavy atom. The van der Waals surface area contributed by atoms with Gasteiger partial charge in [0.05, 0.1) is 18.0 Å². The summed E-state index contributed by atoms with van der Waals surface area (Å²) in [6, 6.07) is 4.50. The van der Waals surface area contributed by atoms with Crippen LogP contribution in [0.1, 0.15) is 10.4 Å². The first-order valence-electron chi connectivity index (χ1n) is 5.28. The lowest BCUT2D eigenvalue weighted by Gasteiger charge is -2.06. The van der Waals surface area contributed by atoms with E-state index in [4.69, 9.17) is 5.14 Å². The minimum Gasteiger partial charge on any atom is -0.322 e. The molecule has 0 spiro atoms. The molecule has 1 aromatic carbocycles. The van der Waals surface area contributed by atoms with Crippen LogP contribution in [0.25, 0.3) is 0 Å². The molecule has 0 radical (unpaired) electrons. The number of amides is 1. The van der Waals surface area contributed by atoms with Gasteiger partial charge in [0.1, 0.15) is 10.7 Å². The van der Waals surface area contributed by atoms with E-state index in [0.29, 0.717) is 0 Å². The Kier molecular flexibility index (Phi) is 3.72. The van der Waals surface area contributed by atoms with Crippen molar-refractivity contribution in [3.8, 4) is 0 Å². The van der Waals surface area contributed by atoms with Gasteiger partial charge in [-0.25, -0.2) is 17.9 Å². The Balaban J connectivity index is 2.24. The molecule has 0 fully saturated rings. The van der Waals surface area contributed by atoms with Gasteiger partial charge in [0.15, 0.2) is 0 Å². The average Bonchev–Trinajstić information content (AvgIpc) is 2.38. The van der Waals surface area contributed by atoms with Crippen LogP contribution in [-0.4, -0.2) is 24.5 Å².